The van der Waals surface area contributed by atoms with Gasteiger partial charge in [-0.05, 0) is 41.1 Å². The lowest BCUT2D eigenvalue weighted by Gasteiger charge is -2.09. The first-order valence-corrected chi connectivity index (χ1v) is 6.17. The Morgan fingerprint density at radius 3 is 2.71 bits per heavy atom. The summed E-state index contributed by atoms with van der Waals surface area (Å²) in [6, 6.07) is 8.60. The van der Waals surface area contributed by atoms with Gasteiger partial charge in [-0.25, -0.2) is 8.78 Å². The van der Waals surface area contributed by atoms with Crippen LogP contribution in [0.1, 0.15) is 5.56 Å². The van der Waals surface area contributed by atoms with Crippen molar-refractivity contribution in [1.82, 2.24) is 20.2 Å². The molecule has 3 rings (SSSR count). The minimum atomic E-state index is -0.755. The molecule has 0 radical (unpaired) electrons. The van der Waals surface area contributed by atoms with E-state index in [2.05, 4.69) is 15.5 Å². The molecule has 0 saturated heterocycles. The second kappa shape index (κ2) is 4.93. The van der Waals surface area contributed by atoms with Crippen LogP contribution in [0.3, 0.4) is 0 Å². The number of hydrogen-bond donors (Lipinski definition) is 1. The average Bonchev–Trinajstić information content (AvgIpc) is 2.91. The predicted octanol–water partition coefficient (Wildman–Crippen LogP) is 2.50. The summed E-state index contributed by atoms with van der Waals surface area (Å²) >= 11 is 0. The molecule has 1 aromatic heterocycles. The van der Waals surface area contributed by atoms with Gasteiger partial charge in [-0.3, -0.25) is 0 Å². The van der Waals surface area contributed by atoms with Crippen LogP contribution in [0.4, 0.5) is 14.5 Å². The van der Waals surface area contributed by atoms with Gasteiger partial charge in [0.05, 0.1) is 0 Å². The average molecular weight is 287 g/mol. The fraction of sp³-hybridized carbons (Fsp3) is 0.0714. The SMILES string of the molecule is Cc1cccc(-c2nnnn2-c2ccc(F)cc2F)c1N. The molecule has 7 heteroatoms. The van der Waals surface area contributed by atoms with Gasteiger partial charge in [0.25, 0.3) is 0 Å². The van der Waals surface area contributed by atoms with Gasteiger partial charge in [0, 0.05) is 17.3 Å². The Bertz CT molecular complexity index is 813. The van der Waals surface area contributed by atoms with Gasteiger partial charge in [-0.15, -0.1) is 5.10 Å². The van der Waals surface area contributed by atoms with E-state index in [4.69, 9.17) is 5.73 Å². The molecular formula is C14H11F2N5. The van der Waals surface area contributed by atoms with Crippen LogP contribution in [0.5, 0.6) is 0 Å². The lowest BCUT2D eigenvalue weighted by atomic mass is 10.1. The Hall–Kier alpha value is -2.83. The normalized spacial score (nSPS) is 10.8. The summed E-state index contributed by atoms with van der Waals surface area (Å²) in [5, 5.41) is 11.2. The number of anilines is 1. The topological polar surface area (TPSA) is 69.6 Å². The molecule has 0 aliphatic rings. The first-order valence-electron chi connectivity index (χ1n) is 6.17. The molecule has 0 bridgehead atoms. The number of rotatable bonds is 2. The van der Waals surface area contributed by atoms with E-state index in [1.807, 2.05) is 13.0 Å². The largest absolute Gasteiger partial charge is 0.398 e. The first-order chi connectivity index (χ1) is 10.1. The van der Waals surface area contributed by atoms with Crippen molar-refractivity contribution >= 4 is 5.69 Å². The van der Waals surface area contributed by atoms with Crippen molar-refractivity contribution in [3.63, 3.8) is 0 Å². The minimum absolute atomic E-state index is 0.0531. The van der Waals surface area contributed by atoms with E-state index in [0.29, 0.717) is 17.1 Å². The molecule has 2 aromatic carbocycles. The van der Waals surface area contributed by atoms with Gasteiger partial charge in [0.1, 0.15) is 11.5 Å². The van der Waals surface area contributed by atoms with Gasteiger partial charge in [-0.1, -0.05) is 12.1 Å². The van der Waals surface area contributed by atoms with Gasteiger partial charge in [-0.2, -0.15) is 4.68 Å². The molecule has 106 valence electrons. The van der Waals surface area contributed by atoms with E-state index >= 15 is 0 Å². The summed E-state index contributed by atoms with van der Waals surface area (Å²) in [6.45, 7) is 1.85. The molecule has 0 spiro atoms. The molecule has 0 aliphatic carbocycles. The molecule has 0 amide bonds. The molecule has 0 unspecified atom stereocenters. The summed E-state index contributed by atoms with van der Waals surface area (Å²) in [5.41, 5.74) is 8.03. The van der Waals surface area contributed by atoms with Crippen LogP contribution in [0, 0.1) is 18.6 Å². The molecule has 2 N–H and O–H groups in total. The minimum Gasteiger partial charge on any atom is -0.398 e. The maximum Gasteiger partial charge on any atom is 0.189 e. The number of nitrogens with zero attached hydrogens (tertiary/aromatic N) is 4. The van der Waals surface area contributed by atoms with Gasteiger partial charge in [0.2, 0.25) is 0 Å². The van der Waals surface area contributed by atoms with Crippen LogP contribution in [0.2, 0.25) is 0 Å². The standard InChI is InChI=1S/C14H11F2N5/c1-8-3-2-4-10(13(8)17)14-18-19-20-21(14)12-6-5-9(15)7-11(12)16/h2-7H,17H2,1H3. The van der Waals surface area contributed by atoms with Crippen molar-refractivity contribution in [2.75, 3.05) is 5.73 Å². The van der Waals surface area contributed by atoms with Crippen LogP contribution >= 0.6 is 0 Å². The Morgan fingerprint density at radius 2 is 1.95 bits per heavy atom. The molecule has 5 nitrogen and oxygen atoms in total. The summed E-state index contributed by atoms with van der Waals surface area (Å²) in [7, 11) is 0. The number of nitrogens with two attached hydrogens (primary N) is 1. The monoisotopic (exact) mass is 287 g/mol. The fourth-order valence-corrected chi connectivity index (χ4v) is 2.05. The highest BCUT2D eigenvalue weighted by Crippen LogP contribution is 2.28. The predicted molar refractivity (Wildman–Crippen MR) is 73.7 cm³/mol. The van der Waals surface area contributed by atoms with E-state index in [1.165, 1.54) is 10.7 Å². The fourth-order valence-electron chi connectivity index (χ4n) is 2.05. The number of nitrogen functional groups attached to an aromatic ring is 1. The number of benzene rings is 2. The summed E-state index contributed by atoms with van der Waals surface area (Å²) < 4.78 is 28.1. The number of tetrazole rings is 1. The van der Waals surface area contributed by atoms with Gasteiger partial charge in [0.15, 0.2) is 11.6 Å². The first kappa shape index (κ1) is 13.2. The van der Waals surface area contributed by atoms with Crippen molar-refractivity contribution in [1.29, 1.82) is 0 Å². The van der Waals surface area contributed by atoms with Crippen molar-refractivity contribution in [3.05, 3.63) is 53.6 Å². The van der Waals surface area contributed by atoms with Crippen molar-refractivity contribution in [3.8, 4) is 17.1 Å². The molecule has 0 atom stereocenters. The summed E-state index contributed by atoms with van der Waals surface area (Å²) in [6.07, 6.45) is 0. The highest BCUT2D eigenvalue weighted by atomic mass is 19.1. The van der Waals surface area contributed by atoms with E-state index in [-0.39, 0.29) is 5.69 Å². The summed E-state index contributed by atoms with van der Waals surface area (Å²) in [5.74, 6) is -1.13. The Balaban J connectivity index is 2.20. The lowest BCUT2D eigenvalue weighted by molar-refractivity contribution is 0.572. The zero-order valence-electron chi connectivity index (χ0n) is 11.1. The molecule has 0 aliphatic heterocycles. The highest BCUT2D eigenvalue weighted by Gasteiger charge is 2.17. The smallest absolute Gasteiger partial charge is 0.189 e. The number of halogens is 2. The Labute approximate surface area is 119 Å². The summed E-state index contributed by atoms with van der Waals surface area (Å²) in [4.78, 5) is 0. The molecule has 21 heavy (non-hydrogen) atoms. The van der Waals surface area contributed by atoms with E-state index in [0.717, 1.165) is 17.7 Å². The van der Waals surface area contributed by atoms with Crippen molar-refractivity contribution < 1.29 is 8.78 Å². The van der Waals surface area contributed by atoms with E-state index in [1.54, 1.807) is 12.1 Å². The second-order valence-electron chi connectivity index (χ2n) is 4.55. The van der Waals surface area contributed by atoms with Crippen LogP contribution < -0.4 is 5.73 Å². The van der Waals surface area contributed by atoms with Crippen LogP contribution in [0.25, 0.3) is 17.1 Å². The highest BCUT2D eigenvalue weighted by molar-refractivity contribution is 5.74. The number of aromatic nitrogens is 4. The van der Waals surface area contributed by atoms with Gasteiger partial charge < -0.3 is 5.73 Å². The third-order valence-corrected chi connectivity index (χ3v) is 3.17. The molecule has 0 saturated carbocycles. The lowest BCUT2D eigenvalue weighted by Crippen LogP contribution is -2.05. The van der Waals surface area contributed by atoms with Crippen molar-refractivity contribution in [2.24, 2.45) is 0 Å². The third kappa shape index (κ3) is 2.22. The number of aryl methyl sites for hydroxylation is 1. The molecule has 0 fully saturated rings. The maximum absolute atomic E-state index is 13.9. The second-order valence-corrected chi connectivity index (χ2v) is 4.55. The van der Waals surface area contributed by atoms with Crippen LogP contribution in [-0.2, 0) is 0 Å². The third-order valence-electron chi connectivity index (χ3n) is 3.17. The number of para-hydroxylation sites is 1. The quantitative estimate of drug-likeness (QED) is 0.735. The van der Waals surface area contributed by atoms with E-state index in [9.17, 15) is 8.78 Å². The molecule has 3 aromatic rings. The zero-order valence-corrected chi connectivity index (χ0v) is 11.1. The Kier molecular flexibility index (Phi) is 3.09. The van der Waals surface area contributed by atoms with Crippen molar-refractivity contribution in [2.45, 2.75) is 6.92 Å². The number of hydrogen-bond acceptors (Lipinski definition) is 4. The maximum atomic E-state index is 13.9. The Morgan fingerprint density at radius 1 is 1.14 bits per heavy atom. The molecule has 1 heterocycles. The zero-order chi connectivity index (χ0) is 15.0. The van der Waals surface area contributed by atoms with Gasteiger partial charge >= 0.3 is 0 Å². The van der Waals surface area contributed by atoms with Crippen LogP contribution in [-0.4, -0.2) is 20.2 Å². The van der Waals surface area contributed by atoms with Crippen LogP contribution in [0.15, 0.2) is 36.4 Å². The van der Waals surface area contributed by atoms with E-state index < -0.39 is 11.6 Å². The molecular weight excluding hydrogens is 276 g/mol.